The molecule has 126 heavy (non-hydrogen) atoms. The molecule has 15 amide bonds. The number of carbonyl (C=O) groups is 21. The van der Waals surface area contributed by atoms with Crippen LogP contribution in [0.5, 0.6) is 0 Å². The Morgan fingerprint density at radius 3 is 1.69 bits per heavy atom. The fourth-order valence-electron chi connectivity index (χ4n) is 13.0. The zero-order valence-electron chi connectivity index (χ0n) is 69.7. The van der Waals surface area contributed by atoms with E-state index in [2.05, 4.69) is 70.4 Å². The van der Waals surface area contributed by atoms with Crippen LogP contribution in [0.3, 0.4) is 0 Å². The number of ether oxygens (including phenoxy) is 1. The first kappa shape index (κ1) is 103. The number of aliphatic hydroxyl groups excluding tert-OH is 1. The number of rotatable bonds is 39. The molecular weight excluding hydrogens is 1660 g/mol. The number of nitrogens with two attached hydrogens (primary N) is 3. The molecule has 14 atom stereocenters. The molecular formula is C81H110N18O27. The zero-order valence-corrected chi connectivity index (χ0v) is 69.7. The maximum Gasteiger partial charge on any atom is 0.329 e. The summed E-state index contributed by atoms with van der Waals surface area (Å²) in [4.78, 5) is 293. The highest BCUT2D eigenvalue weighted by Gasteiger charge is 2.41. The molecule has 0 bridgehead atoms. The minimum absolute atomic E-state index is 0.0315. The maximum absolute atomic E-state index is 15.0. The predicted octanol–water partition coefficient (Wildman–Crippen LogP) is -4.89. The highest BCUT2D eigenvalue weighted by molar-refractivity contribution is 6.05. The number of cyclic esters (lactones) is 1. The van der Waals surface area contributed by atoms with Gasteiger partial charge in [0.2, 0.25) is 88.6 Å². The number of anilines is 1. The Hall–Kier alpha value is -14.0. The minimum atomic E-state index is -2.50. The van der Waals surface area contributed by atoms with Gasteiger partial charge in [0.1, 0.15) is 72.6 Å². The Kier molecular flexibility index (Phi) is 42.2. The van der Waals surface area contributed by atoms with Crippen LogP contribution in [0.15, 0.2) is 85.1 Å². The number of aromatic nitrogens is 1. The van der Waals surface area contributed by atoms with Crippen molar-refractivity contribution in [1.82, 2.24) is 79.4 Å². The van der Waals surface area contributed by atoms with Crippen LogP contribution in [-0.4, -0.2) is 260 Å². The van der Waals surface area contributed by atoms with Crippen LogP contribution in [0, 0.1) is 5.92 Å². The summed E-state index contributed by atoms with van der Waals surface area (Å²) >= 11 is 0. The first-order valence-corrected chi connectivity index (χ1v) is 40.5. The number of carboxylic acids is 4. The number of carboxylic acid groups (broad SMARTS) is 4. The lowest BCUT2D eigenvalue weighted by Crippen LogP contribution is -2.62. The van der Waals surface area contributed by atoms with Crippen LogP contribution in [-0.2, 0) is 113 Å². The van der Waals surface area contributed by atoms with Crippen LogP contribution in [0.2, 0.25) is 0 Å². The molecule has 45 nitrogen and oxygen atoms in total. The monoisotopic (exact) mass is 1770 g/mol. The largest absolute Gasteiger partial charge is 0.481 e. The number of nitrogens with one attached hydrogen (secondary N) is 15. The lowest BCUT2D eigenvalue weighted by Gasteiger charge is -2.30. The summed E-state index contributed by atoms with van der Waals surface area (Å²) in [5.41, 5.74) is 19.2. The van der Waals surface area contributed by atoms with E-state index in [0.717, 1.165) is 52.9 Å². The highest BCUT2D eigenvalue weighted by atomic mass is 16.5. The number of unbranched alkanes of at least 4 members (excludes halogenated alkanes) is 6. The number of para-hydroxylation sites is 2. The molecule has 0 spiro atoms. The van der Waals surface area contributed by atoms with Crippen molar-refractivity contribution in [3.63, 3.8) is 0 Å². The van der Waals surface area contributed by atoms with Gasteiger partial charge in [-0.25, -0.2) is 4.79 Å². The van der Waals surface area contributed by atoms with E-state index < -0.39 is 273 Å². The van der Waals surface area contributed by atoms with Crippen LogP contribution in [0.1, 0.15) is 152 Å². The van der Waals surface area contributed by atoms with Crippen molar-refractivity contribution in [3.05, 3.63) is 102 Å². The van der Waals surface area contributed by atoms with E-state index in [1.165, 1.54) is 24.3 Å². The average Bonchev–Trinajstić information content (AvgIpc) is 1.28. The molecule has 1 fully saturated rings. The van der Waals surface area contributed by atoms with Crippen LogP contribution >= 0.6 is 0 Å². The molecule has 2 heterocycles. The minimum Gasteiger partial charge on any atom is -0.481 e. The van der Waals surface area contributed by atoms with Crippen LogP contribution in [0.25, 0.3) is 10.9 Å². The summed E-state index contributed by atoms with van der Waals surface area (Å²) in [6.07, 6.45) is -2.89. The van der Waals surface area contributed by atoms with Crippen molar-refractivity contribution in [2.45, 2.75) is 222 Å². The molecule has 0 radical (unpaired) electrons. The molecule has 45 heteroatoms. The number of hydrogen-bond acceptors (Lipinski definition) is 25. The predicted molar refractivity (Wildman–Crippen MR) is 442 cm³/mol. The number of carbonyl (C=O) groups excluding carboxylic acids is 17. The fourth-order valence-corrected chi connectivity index (χ4v) is 13.0. The van der Waals surface area contributed by atoms with Gasteiger partial charge in [0.25, 0.3) is 0 Å². The van der Waals surface area contributed by atoms with Gasteiger partial charge in [0.05, 0.1) is 57.8 Å². The second kappa shape index (κ2) is 51.8. The Morgan fingerprint density at radius 2 is 1.07 bits per heavy atom. The van der Waals surface area contributed by atoms with E-state index in [0.29, 0.717) is 34.9 Å². The molecule has 1 aliphatic heterocycles. The molecule has 1 saturated heterocycles. The Morgan fingerprint density at radius 1 is 0.524 bits per heavy atom. The first-order valence-electron chi connectivity index (χ1n) is 40.5. The number of primary amides is 1. The molecule has 3 aromatic carbocycles. The third-order valence-corrected chi connectivity index (χ3v) is 19.8. The molecule has 26 N–H and O–H groups in total. The SMILES string of the molecule is CCCCCCCCCC(=O)N[C@@H](Cc1c[nH]c2ccccc12)C(=O)N[C@@H](CC(N)=O)C(=O)N[C@@H](CC(=O)O)C(=O)NC1C(=O)NCC(=O)N[C@@H](CCCNC(=O)[C@@H](N)Cc2ccccc2)C(=O)NC(CC(=O)O)C(=O)N[C@H](C)C(=O)N[C@@H](CC(=O)O)C(=O)NCC(=O)N[C@H](CO)C(=O)NC([C@H](C)CC(=O)O)C(=O)N[C@@H](CC(=O)c2ccccc2N)C(=O)OC1C. The number of aliphatic hydroxyl groups is 1. The molecule has 1 aromatic heterocycles. The summed E-state index contributed by atoms with van der Waals surface area (Å²) < 4.78 is 5.73. The van der Waals surface area contributed by atoms with Gasteiger partial charge < -0.3 is 127 Å². The number of aromatic amines is 1. The second-order valence-electron chi connectivity index (χ2n) is 30.0. The topological polar surface area (TPSA) is 731 Å². The number of benzene rings is 3. The Bertz CT molecular complexity index is 4580. The number of aliphatic carboxylic acids is 4. The first-order chi connectivity index (χ1) is 59.7. The van der Waals surface area contributed by atoms with Crippen LogP contribution < -0.4 is 91.6 Å². The van der Waals surface area contributed by atoms with E-state index in [9.17, 15) is 126 Å². The Balaban J connectivity index is 1.63. The number of hydrogen-bond donors (Lipinski definition) is 23. The number of amides is 15. The standard InChI is InChI=1S/C81H110N18O27/c1-5-6-7-8-9-10-14-27-61(103)91-52(31-45-37-86-50-25-18-16-22-46(45)50)75(119)94-53(33-60(84)102)76(120)96-56(36-67(112)113)77(121)99-69-43(4)126-81(125)57(32-59(101)47-23-15-17-24-48(47)82)97-80(124)68(41(2)29-64(106)107)98-78(122)58(40-100)92-63(105)38-87-72(116)54(34-65(108)109)93-70(114)42(3)89-74(118)55(35-66(110)111)95-73(117)51(90-62(104)39-88-79(69)123)26-19-28-85-71(115)49(83)30-44-20-12-11-13-21-44/h11-13,15-18,20-25,37,41-43,49,51-58,68-69,86,100H,5-10,14,19,26-36,38-40,82-83H2,1-4H3,(H2,84,102)(H,85,115)(H,87,116)(H,88,123)(H,89,118)(H,90,104)(H,91,103)(H,92,105)(H,93,114)(H,94,119)(H,95,117)(H,96,120)(H,97,124)(H,98,122)(H,99,121)(H,106,107)(H,108,109)(H,110,111)(H,112,113)/t41-,42-,43?,49+,51+,52+,53+,54+,55?,56+,57+,58-,68?,69?/m1/s1. The molecule has 0 aliphatic carbocycles. The normalized spacial score (nSPS) is 20.5. The lowest BCUT2D eigenvalue weighted by molar-refractivity contribution is -0.156. The smallest absolute Gasteiger partial charge is 0.329 e. The Labute approximate surface area is 721 Å². The fraction of sp³-hybridized carbons (Fsp3) is 0.494. The van der Waals surface area contributed by atoms with E-state index in [4.69, 9.17) is 21.9 Å². The van der Waals surface area contributed by atoms with Gasteiger partial charge >= 0.3 is 29.8 Å². The van der Waals surface area contributed by atoms with Crippen molar-refractivity contribution in [2.24, 2.45) is 17.4 Å². The van der Waals surface area contributed by atoms with E-state index in [-0.39, 0.29) is 43.5 Å². The number of Topliss-reactive ketones (excluding diaryl/α,β-unsaturated/α-hetero) is 1. The molecule has 4 aromatic rings. The number of esters is 1. The van der Waals surface area contributed by atoms with Gasteiger partial charge in [-0.05, 0) is 74.8 Å². The number of nitrogen functional groups attached to an aromatic ring is 1. The zero-order chi connectivity index (χ0) is 93.4. The van der Waals surface area contributed by atoms with Crippen molar-refractivity contribution < 1.29 is 131 Å². The number of H-pyrrole nitrogens is 1. The maximum atomic E-state index is 15.0. The highest BCUT2D eigenvalue weighted by Crippen LogP contribution is 2.22. The molecule has 4 unspecified atom stereocenters. The summed E-state index contributed by atoms with van der Waals surface area (Å²) in [5, 5.41) is 81.8. The third kappa shape index (κ3) is 35.1. The van der Waals surface area contributed by atoms with Crippen molar-refractivity contribution >= 4 is 141 Å². The quantitative estimate of drug-likeness (QED) is 0.00862. The number of ketones is 1. The third-order valence-electron chi connectivity index (χ3n) is 19.8. The van der Waals surface area contributed by atoms with Crippen molar-refractivity contribution in [2.75, 3.05) is 32.0 Å². The number of fused-ring (bicyclic) bond motifs is 1. The van der Waals surface area contributed by atoms with Gasteiger partial charge in [0, 0.05) is 54.2 Å². The summed E-state index contributed by atoms with van der Waals surface area (Å²) in [7, 11) is 0. The van der Waals surface area contributed by atoms with Crippen molar-refractivity contribution in [1.29, 1.82) is 0 Å². The summed E-state index contributed by atoms with van der Waals surface area (Å²) in [6.45, 7) is 0.849. The molecule has 1 aliphatic rings. The van der Waals surface area contributed by atoms with Crippen molar-refractivity contribution in [3.8, 4) is 0 Å². The van der Waals surface area contributed by atoms with Crippen LogP contribution in [0.4, 0.5) is 5.69 Å². The van der Waals surface area contributed by atoms with Gasteiger partial charge in [-0.15, -0.1) is 0 Å². The van der Waals surface area contributed by atoms with Gasteiger partial charge in [-0.2, -0.15) is 0 Å². The van der Waals surface area contributed by atoms with E-state index >= 15 is 0 Å². The van der Waals surface area contributed by atoms with E-state index in [1.54, 1.807) is 60.8 Å². The summed E-state index contributed by atoms with van der Waals surface area (Å²) in [5.74, 6) is -31.0. The van der Waals surface area contributed by atoms with E-state index in [1.807, 2.05) is 16.0 Å². The second-order valence-corrected chi connectivity index (χ2v) is 30.0. The van der Waals surface area contributed by atoms with Gasteiger partial charge in [0.15, 0.2) is 5.78 Å². The molecule has 5 rings (SSSR count). The lowest BCUT2D eigenvalue weighted by atomic mass is 9.96. The molecule has 0 saturated carbocycles. The van der Waals surface area contributed by atoms with Gasteiger partial charge in [-0.3, -0.25) is 95.9 Å². The average molecular weight is 1770 g/mol. The molecule has 686 valence electrons. The van der Waals surface area contributed by atoms with Gasteiger partial charge in [-0.1, -0.05) is 113 Å². The summed E-state index contributed by atoms with van der Waals surface area (Å²) in [6, 6.07) is -3.69.